The second-order valence-corrected chi connectivity index (χ2v) is 7.97. The zero-order valence-electron chi connectivity index (χ0n) is 14.3. The van der Waals surface area contributed by atoms with Gasteiger partial charge in [-0.1, -0.05) is 26.0 Å². The van der Waals surface area contributed by atoms with Gasteiger partial charge in [-0.15, -0.1) is 0 Å². The third-order valence-electron chi connectivity index (χ3n) is 4.72. The van der Waals surface area contributed by atoms with Crippen LogP contribution in [0.5, 0.6) is 0 Å². The van der Waals surface area contributed by atoms with Crippen LogP contribution in [0.1, 0.15) is 48.8 Å². The number of likely N-dealkylation sites (tertiary alicyclic amines) is 1. The highest BCUT2D eigenvalue weighted by atomic mass is 127. The first-order valence-corrected chi connectivity index (χ1v) is 9.69. The van der Waals surface area contributed by atoms with Gasteiger partial charge in [-0.05, 0) is 53.5 Å². The average molecular weight is 437 g/mol. The number of halogens is 1. The number of aromatic nitrogens is 2. The lowest BCUT2D eigenvalue weighted by atomic mass is 9.96. The van der Waals surface area contributed by atoms with Crippen LogP contribution in [0, 0.1) is 9.49 Å². The van der Waals surface area contributed by atoms with E-state index in [1.54, 1.807) is 0 Å². The summed E-state index contributed by atoms with van der Waals surface area (Å²) in [5, 5.41) is 0. The average Bonchev–Trinajstić information content (AvgIpc) is 3.04. The van der Waals surface area contributed by atoms with E-state index in [2.05, 4.69) is 52.2 Å². The van der Waals surface area contributed by atoms with Crippen LogP contribution in [0.3, 0.4) is 0 Å². The van der Waals surface area contributed by atoms with Gasteiger partial charge < -0.3 is 9.47 Å². The largest absolute Gasteiger partial charge is 0.339 e. The van der Waals surface area contributed by atoms with Gasteiger partial charge in [0.05, 0.1) is 5.56 Å². The molecule has 1 saturated heterocycles. The lowest BCUT2D eigenvalue weighted by Gasteiger charge is -2.32. The molecule has 1 fully saturated rings. The molecule has 4 nitrogen and oxygen atoms in total. The molecule has 0 unspecified atom stereocenters. The van der Waals surface area contributed by atoms with E-state index in [0.29, 0.717) is 11.8 Å². The second kappa shape index (κ2) is 7.68. The van der Waals surface area contributed by atoms with E-state index in [1.165, 1.54) is 0 Å². The van der Waals surface area contributed by atoms with Crippen molar-refractivity contribution in [3.63, 3.8) is 0 Å². The van der Waals surface area contributed by atoms with Gasteiger partial charge in [0.2, 0.25) is 0 Å². The fourth-order valence-electron chi connectivity index (χ4n) is 3.38. The number of hydrogen-bond donors (Lipinski definition) is 0. The Labute approximate surface area is 157 Å². The molecular formula is C19H24IN3O. The maximum absolute atomic E-state index is 12.7. The first kappa shape index (κ1) is 17.5. The topological polar surface area (TPSA) is 38.1 Å². The van der Waals surface area contributed by atoms with Crippen LogP contribution in [0.2, 0.25) is 0 Å². The number of piperidine rings is 1. The number of nitrogens with zero attached hydrogens (tertiary/aromatic N) is 3. The van der Waals surface area contributed by atoms with Crippen molar-refractivity contribution in [1.29, 1.82) is 0 Å². The molecule has 3 rings (SSSR count). The first-order chi connectivity index (χ1) is 11.6. The molecule has 1 aliphatic rings. The van der Waals surface area contributed by atoms with Gasteiger partial charge in [0.1, 0.15) is 5.82 Å². The molecule has 0 aliphatic carbocycles. The Balaban J connectivity index is 1.59. The Hall–Kier alpha value is -1.37. The predicted molar refractivity (Wildman–Crippen MR) is 104 cm³/mol. The van der Waals surface area contributed by atoms with Crippen molar-refractivity contribution in [2.75, 3.05) is 13.1 Å². The summed E-state index contributed by atoms with van der Waals surface area (Å²) in [6.45, 7) is 7.07. The van der Waals surface area contributed by atoms with Gasteiger partial charge in [0.15, 0.2) is 0 Å². The van der Waals surface area contributed by atoms with Gasteiger partial charge in [-0.3, -0.25) is 4.79 Å². The van der Waals surface area contributed by atoms with Gasteiger partial charge in [0.25, 0.3) is 5.91 Å². The predicted octanol–water partition coefficient (Wildman–Crippen LogP) is 4.16. The first-order valence-electron chi connectivity index (χ1n) is 8.61. The summed E-state index contributed by atoms with van der Waals surface area (Å²) >= 11 is 2.24. The molecule has 1 aliphatic heterocycles. The number of amides is 1. The van der Waals surface area contributed by atoms with E-state index < -0.39 is 0 Å². The van der Waals surface area contributed by atoms with Crippen LogP contribution < -0.4 is 0 Å². The summed E-state index contributed by atoms with van der Waals surface area (Å²) in [5.41, 5.74) is 0.827. The van der Waals surface area contributed by atoms with Crippen LogP contribution in [0.15, 0.2) is 36.7 Å². The minimum Gasteiger partial charge on any atom is -0.339 e. The van der Waals surface area contributed by atoms with Gasteiger partial charge in [-0.2, -0.15) is 0 Å². The Morgan fingerprint density at radius 1 is 1.29 bits per heavy atom. The van der Waals surface area contributed by atoms with Crippen LogP contribution in [0.25, 0.3) is 0 Å². The molecule has 0 saturated carbocycles. The molecule has 0 spiro atoms. The molecule has 1 amide bonds. The van der Waals surface area contributed by atoms with E-state index in [0.717, 1.165) is 47.4 Å². The Bertz CT molecular complexity index is 702. The molecule has 0 bridgehead atoms. The molecule has 1 aromatic heterocycles. The summed E-state index contributed by atoms with van der Waals surface area (Å²) < 4.78 is 3.31. The summed E-state index contributed by atoms with van der Waals surface area (Å²) in [7, 11) is 0. The number of benzene rings is 1. The number of imidazole rings is 1. The van der Waals surface area contributed by atoms with Gasteiger partial charge in [-0.25, -0.2) is 4.98 Å². The summed E-state index contributed by atoms with van der Waals surface area (Å²) in [5.74, 6) is 2.40. The zero-order valence-corrected chi connectivity index (χ0v) is 16.4. The maximum Gasteiger partial charge on any atom is 0.254 e. The highest BCUT2D eigenvalue weighted by Crippen LogP contribution is 2.23. The highest BCUT2D eigenvalue weighted by Gasteiger charge is 2.25. The second-order valence-electron chi connectivity index (χ2n) is 6.81. The fraction of sp³-hybridized carbons (Fsp3) is 0.474. The molecule has 128 valence electrons. The van der Waals surface area contributed by atoms with Crippen LogP contribution >= 0.6 is 22.6 Å². The maximum atomic E-state index is 12.7. The standard InChI is InChI=1S/C19H24IN3O/c1-14(2)18-21-9-12-23(18)13-15-7-10-22(11-8-15)19(24)16-5-3-4-6-17(16)20/h3-6,9,12,14-15H,7-8,10-11,13H2,1-2H3. The molecular weight excluding hydrogens is 413 g/mol. The Morgan fingerprint density at radius 3 is 2.67 bits per heavy atom. The minimum atomic E-state index is 0.170. The van der Waals surface area contributed by atoms with E-state index in [4.69, 9.17) is 0 Å². The summed E-state index contributed by atoms with van der Waals surface area (Å²) in [6.07, 6.45) is 6.10. The van der Waals surface area contributed by atoms with E-state index in [1.807, 2.05) is 35.4 Å². The van der Waals surface area contributed by atoms with Crippen LogP contribution in [-0.2, 0) is 6.54 Å². The highest BCUT2D eigenvalue weighted by molar-refractivity contribution is 14.1. The summed E-state index contributed by atoms with van der Waals surface area (Å²) in [6, 6.07) is 7.83. The lowest BCUT2D eigenvalue weighted by Crippen LogP contribution is -2.39. The van der Waals surface area contributed by atoms with Crippen molar-refractivity contribution >= 4 is 28.5 Å². The molecule has 0 radical (unpaired) electrons. The fourth-order valence-corrected chi connectivity index (χ4v) is 4.00. The van der Waals surface area contributed by atoms with Gasteiger partial charge >= 0.3 is 0 Å². The van der Waals surface area contributed by atoms with Crippen molar-refractivity contribution in [3.8, 4) is 0 Å². The molecule has 24 heavy (non-hydrogen) atoms. The van der Waals surface area contributed by atoms with Gasteiger partial charge in [0, 0.05) is 41.5 Å². The Morgan fingerprint density at radius 2 is 2.00 bits per heavy atom. The number of carbonyl (C=O) groups is 1. The summed E-state index contributed by atoms with van der Waals surface area (Å²) in [4.78, 5) is 19.2. The van der Waals surface area contributed by atoms with E-state index >= 15 is 0 Å². The van der Waals surface area contributed by atoms with Crippen LogP contribution in [-0.4, -0.2) is 33.4 Å². The Kier molecular flexibility index (Phi) is 5.58. The quantitative estimate of drug-likeness (QED) is 0.674. The third-order valence-corrected chi connectivity index (χ3v) is 5.67. The van der Waals surface area contributed by atoms with E-state index in [-0.39, 0.29) is 5.91 Å². The smallest absolute Gasteiger partial charge is 0.254 e. The minimum absolute atomic E-state index is 0.170. The number of rotatable bonds is 4. The molecule has 0 atom stereocenters. The zero-order chi connectivity index (χ0) is 17.1. The van der Waals surface area contributed by atoms with Crippen molar-refractivity contribution in [1.82, 2.24) is 14.5 Å². The molecule has 1 aromatic carbocycles. The van der Waals surface area contributed by atoms with Crippen molar-refractivity contribution < 1.29 is 4.79 Å². The van der Waals surface area contributed by atoms with E-state index in [9.17, 15) is 4.79 Å². The number of hydrogen-bond acceptors (Lipinski definition) is 2. The monoisotopic (exact) mass is 437 g/mol. The SMILES string of the molecule is CC(C)c1nccn1CC1CCN(C(=O)c2ccccc2I)CC1. The third kappa shape index (κ3) is 3.82. The molecule has 2 aromatic rings. The van der Waals surface area contributed by atoms with Crippen molar-refractivity contribution in [2.45, 2.75) is 39.2 Å². The lowest BCUT2D eigenvalue weighted by molar-refractivity contribution is 0.0681. The molecule has 0 N–H and O–H groups in total. The molecule has 2 heterocycles. The van der Waals surface area contributed by atoms with Crippen molar-refractivity contribution in [2.24, 2.45) is 5.92 Å². The van der Waals surface area contributed by atoms with Crippen LogP contribution in [0.4, 0.5) is 0 Å². The number of carbonyl (C=O) groups excluding carboxylic acids is 1. The molecule has 5 heteroatoms. The van der Waals surface area contributed by atoms with Crippen molar-refractivity contribution in [3.05, 3.63) is 51.6 Å². The normalized spacial score (nSPS) is 15.9.